The summed E-state index contributed by atoms with van der Waals surface area (Å²) in [6.45, 7) is 0. The standard InChI is InChI=1S/C16H12N2O6S/c1-17-16(20)14(12-4-2-3-5-13(12)25(17,23)24)15(19)10-6-8-11(9-7-10)18(21)22/h2-9,19H,1H3/b15-14-. The van der Waals surface area contributed by atoms with E-state index in [0.29, 0.717) is 4.31 Å². The maximum Gasteiger partial charge on any atom is 0.271 e. The van der Waals surface area contributed by atoms with Crippen LogP contribution in [-0.2, 0) is 14.8 Å². The number of carbonyl (C=O) groups excluding carboxylic acids is 1. The number of aliphatic hydroxyl groups is 1. The Kier molecular flexibility index (Phi) is 3.80. The van der Waals surface area contributed by atoms with Crippen LogP contribution in [0.3, 0.4) is 0 Å². The minimum atomic E-state index is -3.99. The van der Waals surface area contributed by atoms with Gasteiger partial charge in [0, 0.05) is 30.3 Å². The van der Waals surface area contributed by atoms with Crippen molar-refractivity contribution >= 4 is 33.0 Å². The minimum Gasteiger partial charge on any atom is -0.506 e. The molecule has 8 nitrogen and oxygen atoms in total. The van der Waals surface area contributed by atoms with Crippen LogP contribution in [0.5, 0.6) is 0 Å². The molecule has 0 aliphatic carbocycles. The summed E-state index contributed by atoms with van der Waals surface area (Å²) in [5.41, 5.74) is -0.101. The van der Waals surface area contributed by atoms with Gasteiger partial charge < -0.3 is 5.11 Å². The maximum atomic E-state index is 12.5. The van der Waals surface area contributed by atoms with Crippen molar-refractivity contribution in [1.29, 1.82) is 0 Å². The summed E-state index contributed by atoms with van der Waals surface area (Å²) in [6.07, 6.45) is 0. The lowest BCUT2D eigenvalue weighted by Crippen LogP contribution is -2.38. The fraction of sp³-hybridized carbons (Fsp3) is 0.0625. The summed E-state index contributed by atoms with van der Waals surface area (Å²) in [5.74, 6) is -1.33. The number of nitro benzene ring substituents is 1. The lowest BCUT2D eigenvalue weighted by Gasteiger charge is -2.27. The van der Waals surface area contributed by atoms with E-state index in [2.05, 4.69) is 0 Å². The molecule has 1 N–H and O–H groups in total. The number of carbonyl (C=O) groups is 1. The molecule has 3 rings (SSSR count). The summed E-state index contributed by atoms with van der Waals surface area (Å²) in [6, 6.07) is 10.8. The first-order valence-corrected chi connectivity index (χ1v) is 8.50. The van der Waals surface area contributed by atoms with Gasteiger partial charge in [0.15, 0.2) is 0 Å². The van der Waals surface area contributed by atoms with Crippen molar-refractivity contribution in [2.75, 3.05) is 7.05 Å². The second-order valence-electron chi connectivity index (χ2n) is 5.30. The Labute approximate surface area is 142 Å². The molecule has 0 aromatic heterocycles. The zero-order valence-corrected chi connectivity index (χ0v) is 13.7. The van der Waals surface area contributed by atoms with Gasteiger partial charge in [-0.1, -0.05) is 18.2 Å². The molecule has 1 aliphatic heterocycles. The number of rotatable bonds is 2. The number of hydrogen-bond donors (Lipinski definition) is 1. The van der Waals surface area contributed by atoms with E-state index < -0.39 is 26.6 Å². The van der Waals surface area contributed by atoms with Gasteiger partial charge in [-0.15, -0.1) is 0 Å². The van der Waals surface area contributed by atoms with Gasteiger partial charge in [0.2, 0.25) is 0 Å². The third kappa shape index (κ3) is 2.54. The van der Waals surface area contributed by atoms with Gasteiger partial charge in [0.05, 0.1) is 15.4 Å². The van der Waals surface area contributed by atoms with E-state index in [4.69, 9.17) is 0 Å². The van der Waals surface area contributed by atoms with Gasteiger partial charge >= 0.3 is 0 Å². The van der Waals surface area contributed by atoms with Gasteiger partial charge in [-0.3, -0.25) is 14.9 Å². The summed E-state index contributed by atoms with van der Waals surface area (Å²) >= 11 is 0. The molecule has 1 amide bonds. The van der Waals surface area contributed by atoms with Gasteiger partial charge in [-0.05, 0) is 18.2 Å². The highest BCUT2D eigenvalue weighted by Gasteiger charge is 2.39. The Balaban J connectivity index is 2.25. The monoisotopic (exact) mass is 360 g/mol. The van der Waals surface area contributed by atoms with Crippen molar-refractivity contribution in [3.05, 3.63) is 69.8 Å². The molecule has 0 unspecified atom stereocenters. The molecular formula is C16H12N2O6S. The van der Waals surface area contributed by atoms with Crippen LogP contribution in [0.25, 0.3) is 11.3 Å². The Morgan fingerprint density at radius 3 is 2.32 bits per heavy atom. The van der Waals surface area contributed by atoms with E-state index in [0.717, 1.165) is 7.05 Å². The highest BCUT2D eigenvalue weighted by Crippen LogP contribution is 2.36. The van der Waals surface area contributed by atoms with E-state index in [1.807, 2.05) is 0 Å². The fourth-order valence-corrected chi connectivity index (χ4v) is 3.84. The Morgan fingerprint density at radius 2 is 1.72 bits per heavy atom. The first kappa shape index (κ1) is 16.7. The molecule has 2 aromatic rings. The molecular weight excluding hydrogens is 348 g/mol. The highest BCUT2D eigenvalue weighted by atomic mass is 32.2. The fourth-order valence-electron chi connectivity index (χ4n) is 2.54. The van der Waals surface area contributed by atoms with E-state index in [1.165, 1.54) is 42.5 Å². The summed E-state index contributed by atoms with van der Waals surface area (Å²) in [5, 5.41) is 21.3. The van der Waals surface area contributed by atoms with Gasteiger partial charge in [-0.25, -0.2) is 12.7 Å². The maximum absolute atomic E-state index is 12.5. The molecule has 1 aliphatic rings. The Hall–Kier alpha value is -3.20. The number of hydrogen-bond acceptors (Lipinski definition) is 6. The van der Waals surface area contributed by atoms with Gasteiger partial charge in [0.1, 0.15) is 5.76 Å². The molecule has 9 heteroatoms. The third-order valence-electron chi connectivity index (χ3n) is 3.88. The molecule has 0 fully saturated rings. The Bertz CT molecular complexity index is 1020. The van der Waals surface area contributed by atoms with E-state index >= 15 is 0 Å². The van der Waals surface area contributed by atoms with E-state index in [1.54, 1.807) is 6.07 Å². The van der Waals surface area contributed by atoms with E-state index in [-0.39, 0.29) is 27.3 Å². The number of likely N-dealkylation sites (N-methyl/N-ethyl adjacent to an activating group) is 1. The SMILES string of the molecule is CN1C(=O)/C(=C(\O)c2ccc([N+](=O)[O-])cc2)c2ccccc2S1(=O)=O. The molecule has 0 saturated carbocycles. The summed E-state index contributed by atoms with van der Waals surface area (Å²) in [4.78, 5) is 22.5. The van der Waals surface area contributed by atoms with E-state index in [9.17, 15) is 28.4 Å². The largest absolute Gasteiger partial charge is 0.506 e. The predicted molar refractivity (Wildman–Crippen MR) is 88.9 cm³/mol. The van der Waals surface area contributed by atoms with Crippen molar-refractivity contribution in [3.8, 4) is 0 Å². The summed E-state index contributed by atoms with van der Waals surface area (Å²) in [7, 11) is -2.88. The third-order valence-corrected chi connectivity index (χ3v) is 5.68. The summed E-state index contributed by atoms with van der Waals surface area (Å²) < 4.78 is 25.3. The first-order valence-electron chi connectivity index (χ1n) is 7.06. The zero-order valence-electron chi connectivity index (χ0n) is 12.9. The minimum absolute atomic E-state index is 0.0847. The molecule has 0 radical (unpaired) electrons. The van der Waals surface area contributed by atoms with Crippen molar-refractivity contribution in [3.63, 3.8) is 0 Å². The van der Waals surface area contributed by atoms with Crippen molar-refractivity contribution in [2.45, 2.75) is 4.90 Å². The van der Waals surface area contributed by atoms with Crippen LogP contribution in [0.15, 0.2) is 53.4 Å². The second-order valence-corrected chi connectivity index (χ2v) is 7.24. The van der Waals surface area contributed by atoms with Crippen molar-refractivity contribution in [2.24, 2.45) is 0 Å². The molecule has 25 heavy (non-hydrogen) atoms. The van der Waals surface area contributed by atoms with Crippen LogP contribution in [0.2, 0.25) is 0 Å². The molecule has 0 spiro atoms. The first-order chi connectivity index (χ1) is 11.7. The molecule has 2 aromatic carbocycles. The second kappa shape index (κ2) is 5.71. The topological polar surface area (TPSA) is 118 Å². The lowest BCUT2D eigenvalue weighted by molar-refractivity contribution is -0.384. The van der Waals surface area contributed by atoms with Gasteiger partial charge in [-0.2, -0.15) is 0 Å². The van der Waals surface area contributed by atoms with Crippen LogP contribution >= 0.6 is 0 Å². The van der Waals surface area contributed by atoms with Crippen LogP contribution in [0, 0.1) is 10.1 Å². The molecule has 0 atom stereocenters. The van der Waals surface area contributed by atoms with Crippen LogP contribution in [0.1, 0.15) is 11.1 Å². The highest BCUT2D eigenvalue weighted by molar-refractivity contribution is 7.90. The van der Waals surface area contributed by atoms with Gasteiger partial charge in [0.25, 0.3) is 21.6 Å². The average Bonchev–Trinajstić information content (AvgIpc) is 2.60. The Morgan fingerprint density at radius 1 is 1.12 bits per heavy atom. The molecule has 1 heterocycles. The number of fused-ring (bicyclic) bond motifs is 1. The van der Waals surface area contributed by atoms with Crippen molar-refractivity contribution < 1.29 is 23.2 Å². The number of non-ortho nitro benzene ring substituents is 1. The number of sulfonamides is 1. The van der Waals surface area contributed by atoms with Crippen LogP contribution in [0.4, 0.5) is 5.69 Å². The lowest BCUT2D eigenvalue weighted by atomic mass is 9.99. The number of nitrogens with zero attached hydrogens (tertiary/aromatic N) is 2. The molecule has 128 valence electrons. The quantitative estimate of drug-likeness (QED) is 0.379. The predicted octanol–water partition coefficient (Wildman–Crippen LogP) is 2.18. The number of benzene rings is 2. The zero-order chi connectivity index (χ0) is 18.4. The number of aliphatic hydroxyl groups excluding tert-OH is 1. The smallest absolute Gasteiger partial charge is 0.271 e. The molecule has 0 saturated heterocycles. The number of nitro groups is 1. The molecule has 0 bridgehead atoms. The number of amides is 1. The average molecular weight is 360 g/mol. The van der Waals surface area contributed by atoms with Crippen LogP contribution in [-0.4, -0.2) is 35.7 Å². The van der Waals surface area contributed by atoms with Crippen molar-refractivity contribution in [1.82, 2.24) is 4.31 Å². The normalized spacial score (nSPS) is 17.8. The van der Waals surface area contributed by atoms with Crippen LogP contribution < -0.4 is 0 Å².